The molecule has 0 bridgehead atoms. The summed E-state index contributed by atoms with van der Waals surface area (Å²) in [6.45, 7) is 8.28. The van der Waals surface area contributed by atoms with Gasteiger partial charge in [0.2, 0.25) is 5.91 Å². The van der Waals surface area contributed by atoms with E-state index in [4.69, 9.17) is 21.1 Å². The number of carbonyl (C=O) groups is 2. The van der Waals surface area contributed by atoms with Gasteiger partial charge in [-0.1, -0.05) is 37.1 Å². The molecule has 1 N–H and O–H groups in total. The van der Waals surface area contributed by atoms with Crippen molar-refractivity contribution in [3.05, 3.63) is 58.1 Å². The first-order valence-electron chi connectivity index (χ1n) is 10.9. The number of hydrogen-bond donors (Lipinski definition) is 1. The number of nitrogens with one attached hydrogen (secondary N) is 1. The molecule has 174 valence electrons. The van der Waals surface area contributed by atoms with E-state index in [0.717, 1.165) is 35.3 Å². The Balaban J connectivity index is 2.15. The van der Waals surface area contributed by atoms with Crippen LogP contribution in [0.5, 0.6) is 11.5 Å². The number of nitrogens with zero attached hydrogens (tertiary/aromatic N) is 1. The summed E-state index contributed by atoms with van der Waals surface area (Å²) in [6.07, 6.45) is 1.88. The number of methoxy groups -OCH3 is 1. The van der Waals surface area contributed by atoms with Crippen molar-refractivity contribution in [1.82, 2.24) is 10.2 Å². The fourth-order valence-electron chi connectivity index (χ4n) is 3.26. The predicted octanol–water partition coefficient (Wildman–Crippen LogP) is 4.68. The van der Waals surface area contributed by atoms with Crippen molar-refractivity contribution in [3.63, 3.8) is 0 Å². The van der Waals surface area contributed by atoms with Gasteiger partial charge in [0, 0.05) is 18.1 Å². The lowest BCUT2D eigenvalue weighted by Crippen LogP contribution is -2.49. The molecule has 0 unspecified atom stereocenters. The van der Waals surface area contributed by atoms with E-state index in [-0.39, 0.29) is 25.0 Å². The van der Waals surface area contributed by atoms with Crippen LogP contribution >= 0.6 is 11.6 Å². The summed E-state index contributed by atoms with van der Waals surface area (Å²) in [5.41, 5.74) is 2.66. The van der Waals surface area contributed by atoms with Crippen LogP contribution < -0.4 is 14.8 Å². The largest absolute Gasteiger partial charge is 0.497 e. The van der Waals surface area contributed by atoms with E-state index >= 15 is 0 Å². The van der Waals surface area contributed by atoms with Crippen LogP contribution in [-0.2, 0) is 16.1 Å². The number of ether oxygens (including phenoxy) is 2. The van der Waals surface area contributed by atoms with Crippen molar-refractivity contribution in [2.75, 3.05) is 20.3 Å². The zero-order valence-electron chi connectivity index (χ0n) is 19.5. The minimum Gasteiger partial charge on any atom is -0.497 e. The highest BCUT2D eigenvalue weighted by atomic mass is 35.5. The van der Waals surface area contributed by atoms with Crippen LogP contribution in [0.15, 0.2) is 36.4 Å². The van der Waals surface area contributed by atoms with Gasteiger partial charge >= 0.3 is 0 Å². The molecule has 2 aromatic rings. The fraction of sp³-hybridized carbons (Fsp3) is 0.440. The molecule has 0 radical (unpaired) electrons. The van der Waals surface area contributed by atoms with Crippen LogP contribution in [0.4, 0.5) is 0 Å². The Morgan fingerprint density at radius 1 is 1.09 bits per heavy atom. The predicted molar refractivity (Wildman–Crippen MR) is 127 cm³/mol. The van der Waals surface area contributed by atoms with Gasteiger partial charge < -0.3 is 19.7 Å². The van der Waals surface area contributed by atoms with E-state index in [1.54, 1.807) is 31.1 Å². The molecule has 1 atom stereocenters. The SMILES string of the molecule is CCCCNC(=O)[C@@H](C)N(Cc1ccc(OC)cc1)C(=O)COc1cc(C)c(Cl)c(C)c1. The number of rotatable bonds is 11. The molecule has 0 fully saturated rings. The second-order valence-electron chi connectivity index (χ2n) is 7.85. The molecule has 0 aliphatic heterocycles. The zero-order chi connectivity index (χ0) is 23.7. The Morgan fingerprint density at radius 2 is 1.72 bits per heavy atom. The number of benzene rings is 2. The minimum atomic E-state index is -0.640. The number of unbranched alkanes of at least 4 members (excludes halogenated alkanes) is 1. The van der Waals surface area contributed by atoms with E-state index in [1.807, 2.05) is 38.1 Å². The molecule has 0 spiro atoms. The first-order valence-corrected chi connectivity index (χ1v) is 11.2. The Labute approximate surface area is 195 Å². The summed E-state index contributed by atoms with van der Waals surface area (Å²) in [6, 6.07) is 10.4. The van der Waals surface area contributed by atoms with Crippen molar-refractivity contribution in [2.45, 2.75) is 53.1 Å². The number of aryl methyl sites for hydroxylation is 2. The van der Waals surface area contributed by atoms with Crippen LogP contribution in [0.3, 0.4) is 0 Å². The van der Waals surface area contributed by atoms with E-state index in [2.05, 4.69) is 12.2 Å². The third-order valence-corrected chi connectivity index (χ3v) is 5.88. The van der Waals surface area contributed by atoms with Gasteiger partial charge in [0.25, 0.3) is 5.91 Å². The molecule has 2 amide bonds. The summed E-state index contributed by atoms with van der Waals surface area (Å²) in [7, 11) is 1.60. The van der Waals surface area contributed by atoms with Crippen molar-refractivity contribution in [1.29, 1.82) is 0 Å². The normalized spacial score (nSPS) is 11.6. The lowest BCUT2D eigenvalue weighted by molar-refractivity contribution is -0.142. The maximum absolute atomic E-state index is 13.1. The van der Waals surface area contributed by atoms with Crippen LogP contribution in [0.1, 0.15) is 43.4 Å². The molecular formula is C25H33ClN2O4. The molecule has 0 aliphatic rings. The van der Waals surface area contributed by atoms with Crippen LogP contribution in [0.2, 0.25) is 5.02 Å². The second-order valence-corrected chi connectivity index (χ2v) is 8.23. The van der Waals surface area contributed by atoms with Gasteiger partial charge in [-0.2, -0.15) is 0 Å². The molecule has 0 saturated heterocycles. The first-order chi connectivity index (χ1) is 15.3. The average Bonchev–Trinajstić information content (AvgIpc) is 2.79. The Kier molecular flexibility index (Phi) is 9.85. The molecule has 0 aromatic heterocycles. The highest BCUT2D eigenvalue weighted by molar-refractivity contribution is 6.32. The van der Waals surface area contributed by atoms with Gasteiger partial charge in [0.1, 0.15) is 17.5 Å². The topological polar surface area (TPSA) is 67.9 Å². The molecule has 32 heavy (non-hydrogen) atoms. The third kappa shape index (κ3) is 7.16. The summed E-state index contributed by atoms with van der Waals surface area (Å²) >= 11 is 6.22. The number of amides is 2. The molecule has 6 nitrogen and oxygen atoms in total. The van der Waals surface area contributed by atoms with Crippen molar-refractivity contribution >= 4 is 23.4 Å². The monoisotopic (exact) mass is 460 g/mol. The maximum Gasteiger partial charge on any atom is 0.261 e. The lowest BCUT2D eigenvalue weighted by atomic mass is 10.1. The first kappa shape index (κ1) is 25.5. The minimum absolute atomic E-state index is 0.177. The highest BCUT2D eigenvalue weighted by Gasteiger charge is 2.26. The fourth-order valence-corrected chi connectivity index (χ4v) is 3.37. The van der Waals surface area contributed by atoms with Crippen LogP contribution in [0, 0.1) is 13.8 Å². The molecule has 7 heteroatoms. The molecule has 2 rings (SSSR count). The van der Waals surface area contributed by atoms with E-state index in [1.165, 1.54) is 0 Å². The molecule has 2 aromatic carbocycles. The number of hydrogen-bond acceptors (Lipinski definition) is 4. The van der Waals surface area contributed by atoms with Crippen LogP contribution in [0.25, 0.3) is 0 Å². The van der Waals surface area contributed by atoms with E-state index in [9.17, 15) is 9.59 Å². The summed E-state index contributed by atoms with van der Waals surface area (Å²) < 4.78 is 11.0. The Hall–Kier alpha value is -2.73. The van der Waals surface area contributed by atoms with Gasteiger partial charge in [-0.3, -0.25) is 9.59 Å². The van der Waals surface area contributed by atoms with Crippen molar-refractivity contribution in [2.24, 2.45) is 0 Å². The third-order valence-electron chi connectivity index (χ3n) is 5.28. The van der Waals surface area contributed by atoms with Gasteiger partial charge in [-0.25, -0.2) is 0 Å². The maximum atomic E-state index is 13.1. The van der Waals surface area contributed by atoms with E-state index in [0.29, 0.717) is 17.3 Å². The standard InChI is InChI=1S/C25H33ClN2O4/c1-6-7-12-27-25(30)19(4)28(15-20-8-10-21(31-5)11-9-20)23(29)16-32-22-13-17(2)24(26)18(3)14-22/h8-11,13-14,19H,6-7,12,15-16H2,1-5H3,(H,27,30)/t19-/m1/s1. The summed E-state index contributed by atoms with van der Waals surface area (Å²) in [5, 5.41) is 3.59. The average molecular weight is 461 g/mol. The zero-order valence-corrected chi connectivity index (χ0v) is 20.3. The van der Waals surface area contributed by atoms with Gasteiger partial charge in [-0.15, -0.1) is 0 Å². The number of halogens is 1. The van der Waals surface area contributed by atoms with Crippen molar-refractivity contribution < 1.29 is 19.1 Å². The second kappa shape index (κ2) is 12.3. The molecular weight excluding hydrogens is 428 g/mol. The summed E-state index contributed by atoms with van der Waals surface area (Å²) in [4.78, 5) is 27.3. The molecule has 0 aliphatic carbocycles. The lowest BCUT2D eigenvalue weighted by Gasteiger charge is -2.29. The molecule has 0 saturated carbocycles. The quantitative estimate of drug-likeness (QED) is 0.494. The summed E-state index contributed by atoms with van der Waals surface area (Å²) in [5.74, 6) is 0.846. The van der Waals surface area contributed by atoms with Crippen LogP contribution in [-0.4, -0.2) is 43.0 Å². The highest BCUT2D eigenvalue weighted by Crippen LogP contribution is 2.26. The molecule has 0 heterocycles. The van der Waals surface area contributed by atoms with Gasteiger partial charge in [0.15, 0.2) is 6.61 Å². The Bertz CT molecular complexity index is 892. The van der Waals surface area contributed by atoms with Gasteiger partial charge in [-0.05, 0) is 68.1 Å². The van der Waals surface area contributed by atoms with Crippen molar-refractivity contribution in [3.8, 4) is 11.5 Å². The smallest absolute Gasteiger partial charge is 0.261 e. The van der Waals surface area contributed by atoms with Gasteiger partial charge in [0.05, 0.1) is 7.11 Å². The number of carbonyl (C=O) groups excluding carboxylic acids is 2. The Morgan fingerprint density at radius 3 is 2.28 bits per heavy atom. The van der Waals surface area contributed by atoms with E-state index < -0.39 is 6.04 Å².